The highest BCUT2D eigenvalue weighted by molar-refractivity contribution is 7.92. The fourth-order valence-electron chi connectivity index (χ4n) is 2.97. The normalized spacial score (nSPS) is 17.8. The van der Waals surface area contributed by atoms with Crippen LogP contribution in [0.25, 0.3) is 6.08 Å². The molecule has 0 unspecified atom stereocenters. The molecule has 1 fully saturated rings. The second kappa shape index (κ2) is 8.16. The molecule has 0 amide bonds. The molecule has 0 N–H and O–H groups in total. The van der Waals surface area contributed by atoms with Gasteiger partial charge in [-0.2, -0.15) is 13.7 Å². The van der Waals surface area contributed by atoms with Crippen LogP contribution in [0, 0.1) is 6.92 Å². The van der Waals surface area contributed by atoms with E-state index in [2.05, 4.69) is 5.10 Å². The highest BCUT2D eigenvalue weighted by Crippen LogP contribution is 2.19. The molecule has 28 heavy (non-hydrogen) atoms. The van der Waals surface area contributed by atoms with Gasteiger partial charge in [-0.25, -0.2) is 16.8 Å². The number of hydrogen-bond acceptors (Lipinski definition) is 5. The van der Waals surface area contributed by atoms with Crippen molar-refractivity contribution in [2.24, 2.45) is 7.05 Å². The zero-order valence-corrected chi connectivity index (χ0v) is 17.5. The van der Waals surface area contributed by atoms with Crippen LogP contribution in [0.5, 0.6) is 0 Å². The van der Waals surface area contributed by atoms with E-state index in [1.54, 1.807) is 13.1 Å². The molecule has 1 saturated heterocycles. The lowest BCUT2D eigenvalue weighted by molar-refractivity contribution is 0.407. The summed E-state index contributed by atoms with van der Waals surface area (Å²) in [6, 6.07) is 7.54. The Morgan fingerprint density at radius 3 is 2.25 bits per heavy atom. The molecule has 8 nitrogen and oxygen atoms in total. The highest BCUT2D eigenvalue weighted by atomic mass is 32.2. The van der Waals surface area contributed by atoms with Crippen LogP contribution in [0.1, 0.15) is 17.5 Å². The molecular weight excluding hydrogens is 400 g/mol. The third-order valence-corrected chi connectivity index (χ3v) is 8.02. The van der Waals surface area contributed by atoms with E-state index in [1.165, 1.54) is 31.1 Å². The van der Waals surface area contributed by atoms with Crippen LogP contribution in [0.2, 0.25) is 0 Å². The molecular formula is C18H24N4O4S2. The molecule has 1 aliphatic rings. The molecule has 2 aromatic rings. The fourth-order valence-corrected chi connectivity index (χ4v) is 5.65. The molecule has 0 saturated carbocycles. The van der Waals surface area contributed by atoms with Crippen molar-refractivity contribution in [3.05, 3.63) is 53.2 Å². The minimum absolute atomic E-state index is 0.106. The summed E-state index contributed by atoms with van der Waals surface area (Å²) in [7, 11) is -5.66. The Balaban J connectivity index is 1.71. The average Bonchev–Trinajstić information content (AvgIpc) is 2.93. The number of nitrogens with zero attached hydrogens (tertiary/aromatic N) is 4. The number of benzene rings is 1. The van der Waals surface area contributed by atoms with E-state index in [9.17, 15) is 16.8 Å². The third kappa shape index (κ3) is 4.69. The summed E-state index contributed by atoms with van der Waals surface area (Å²) in [5.74, 6) is 0. The van der Waals surface area contributed by atoms with Crippen LogP contribution in [-0.2, 0) is 27.1 Å². The van der Waals surface area contributed by atoms with Crippen LogP contribution in [0.3, 0.4) is 0 Å². The van der Waals surface area contributed by atoms with E-state index in [1.807, 2.05) is 31.2 Å². The number of aryl methyl sites for hydroxylation is 2. The SMILES string of the molecule is Cc1ccc(/C=C/S(=O)(=O)N2CCCN(S(=O)(=O)c3cnn(C)c3)CC2)cc1. The summed E-state index contributed by atoms with van der Waals surface area (Å²) in [6.45, 7) is 2.73. The van der Waals surface area contributed by atoms with E-state index < -0.39 is 20.0 Å². The molecule has 2 heterocycles. The van der Waals surface area contributed by atoms with Crippen molar-refractivity contribution in [1.29, 1.82) is 0 Å². The molecule has 10 heteroatoms. The standard InChI is InChI=1S/C18H24N4O4S2/c1-16-4-6-17(7-5-16)8-13-27(23,24)21-9-3-10-22(12-11-21)28(25,26)18-14-19-20(2)15-18/h4-8,13-15H,3,9-12H2,1-2H3/b13-8+. The molecule has 0 radical (unpaired) electrons. The predicted molar refractivity (Wildman–Crippen MR) is 107 cm³/mol. The maximum Gasteiger partial charge on any atom is 0.246 e. The number of hydrogen-bond donors (Lipinski definition) is 0. The van der Waals surface area contributed by atoms with Gasteiger partial charge in [-0.15, -0.1) is 0 Å². The second-order valence-electron chi connectivity index (χ2n) is 6.76. The average molecular weight is 425 g/mol. The minimum atomic E-state index is -3.68. The van der Waals surface area contributed by atoms with Crippen molar-refractivity contribution in [3.63, 3.8) is 0 Å². The Hall–Kier alpha value is -2.01. The van der Waals surface area contributed by atoms with Gasteiger partial charge in [-0.3, -0.25) is 4.68 Å². The van der Waals surface area contributed by atoms with Gasteiger partial charge < -0.3 is 0 Å². The number of sulfonamides is 2. The highest BCUT2D eigenvalue weighted by Gasteiger charge is 2.30. The van der Waals surface area contributed by atoms with Gasteiger partial charge in [-0.05, 0) is 25.0 Å². The zero-order chi connectivity index (χ0) is 20.4. The Morgan fingerprint density at radius 2 is 1.61 bits per heavy atom. The molecule has 0 aliphatic carbocycles. The van der Waals surface area contributed by atoms with Crippen molar-refractivity contribution in [1.82, 2.24) is 18.4 Å². The van der Waals surface area contributed by atoms with Gasteiger partial charge in [0.1, 0.15) is 4.90 Å². The summed E-state index contributed by atoms with van der Waals surface area (Å²) in [5.41, 5.74) is 1.90. The first-order valence-corrected chi connectivity index (χ1v) is 11.9. The summed E-state index contributed by atoms with van der Waals surface area (Å²) < 4.78 is 54.9. The molecule has 1 aromatic carbocycles. The van der Waals surface area contributed by atoms with Crippen LogP contribution in [0.15, 0.2) is 47.0 Å². The summed E-state index contributed by atoms with van der Waals surface area (Å²) in [5, 5.41) is 5.09. The lowest BCUT2D eigenvalue weighted by atomic mass is 10.2. The van der Waals surface area contributed by atoms with E-state index in [-0.39, 0.29) is 31.1 Å². The predicted octanol–water partition coefficient (Wildman–Crippen LogP) is 1.43. The maximum absolute atomic E-state index is 12.7. The van der Waals surface area contributed by atoms with E-state index in [0.717, 1.165) is 11.1 Å². The van der Waals surface area contributed by atoms with Crippen molar-refractivity contribution in [2.45, 2.75) is 18.2 Å². The van der Waals surface area contributed by atoms with E-state index >= 15 is 0 Å². The van der Waals surface area contributed by atoms with Gasteiger partial charge in [-0.1, -0.05) is 29.8 Å². The van der Waals surface area contributed by atoms with Crippen molar-refractivity contribution in [2.75, 3.05) is 26.2 Å². The lowest BCUT2D eigenvalue weighted by Crippen LogP contribution is -2.36. The number of aromatic nitrogens is 2. The Labute approximate surface area is 166 Å². The van der Waals surface area contributed by atoms with Crippen LogP contribution >= 0.6 is 0 Å². The quantitative estimate of drug-likeness (QED) is 0.724. The molecule has 0 bridgehead atoms. The van der Waals surface area contributed by atoms with E-state index in [4.69, 9.17) is 0 Å². The second-order valence-corrected chi connectivity index (χ2v) is 10.5. The summed E-state index contributed by atoms with van der Waals surface area (Å²) in [6.07, 6.45) is 4.74. The monoisotopic (exact) mass is 424 g/mol. The van der Waals surface area contributed by atoms with Crippen molar-refractivity contribution >= 4 is 26.1 Å². The fraction of sp³-hybridized carbons (Fsp3) is 0.389. The first-order valence-electron chi connectivity index (χ1n) is 8.92. The van der Waals surface area contributed by atoms with Crippen molar-refractivity contribution < 1.29 is 16.8 Å². The summed E-state index contributed by atoms with van der Waals surface area (Å²) in [4.78, 5) is 0.116. The van der Waals surface area contributed by atoms with E-state index in [0.29, 0.717) is 6.42 Å². The number of rotatable bonds is 5. The summed E-state index contributed by atoms with van der Waals surface area (Å²) >= 11 is 0. The topological polar surface area (TPSA) is 92.6 Å². The first-order chi connectivity index (χ1) is 13.2. The Morgan fingerprint density at radius 1 is 0.964 bits per heavy atom. The van der Waals surface area contributed by atoms with Gasteiger partial charge in [0.2, 0.25) is 20.0 Å². The van der Waals surface area contributed by atoms with Crippen LogP contribution < -0.4 is 0 Å². The van der Waals surface area contributed by atoms with Crippen LogP contribution in [0.4, 0.5) is 0 Å². The maximum atomic E-state index is 12.7. The lowest BCUT2D eigenvalue weighted by Gasteiger charge is -2.20. The smallest absolute Gasteiger partial charge is 0.246 e. The minimum Gasteiger partial charge on any atom is -0.274 e. The van der Waals surface area contributed by atoms with Gasteiger partial charge >= 0.3 is 0 Å². The molecule has 3 rings (SSSR count). The van der Waals surface area contributed by atoms with Crippen molar-refractivity contribution in [3.8, 4) is 0 Å². The Bertz CT molecular complexity index is 1060. The molecule has 1 aromatic heterocycles. The van der Waals surface area contributed by atoms with Gasteiger partial charge in [0.25, 0.3) is 0 Å². The van der Waals surface area contributed by atoms with Gasteiger partial charge in [0, 0.05) is 44.8 Å². The van der Waals surface area contributed by atoms with Gasteiger partial charge in [0.05, 0.1) is 6.20 Å². The largest absolute Gasteiger partial charge is 0.274 e. The Kier molecular flexibility index (Phi) is 6.04. The van der Waals surface area contributed by atoms with Crippen LogP contribution in [-0.4, -0.2) is 61.4 Å². The molecule has 1 aliphatic heterocycles. The zero-order valence-electron chi connectivity index (χ0n) is 15.9. The first kappa shape index (κ1) is 20.7. The van der Waals surface area contributed by atoms with Gasteiger partial charge in [0.15, 0.2) is 0 Å². The molecule has 0 atom stereocenters. The third-order valence-electron chi connectivity index (χ3n) is 4.60. The molecule has 0 spiro atoms. The molecule has 152 valence electrons.